The lowest BCUT2D eigenvalue weighted by Gasteiger charge is -2.34. The summed E-state index contributed by atoms with van der Waals surface area (Å²) >= 11 is 0. The molecule has 0 unspecified atom stereocenters. The number of imidazole rings is 1. The SMILES string of the molecule is O=C(O)[C@@H]1Cc2ccccc2CN1C(=O)c1ccc2c(c1)nc(-c1ccc3nc(-c4ccccc4)cnc3c1)n2C1CCCCC1. The molecule has 1 N–H and O–H groups in total. The van der Waals surface area contributed by atoms with Gasteiger partial charge in [-0.2, -0.15) is 0 Å². The van der Waals surface area contributed by atoms with Crippen LogP contribution in [0.4, 0.5) is 0 Å². The highest BCUT2D eigenvalue weighted by atomic mass is 16.4. The van der Waals surface area contributed by atoms with Gasteiger partial charge < -0.3 is 14.6 Å². The molecule has 8 nitrogen and oxygen atoms in total. The van der Waals surface area contributed by atoms with Crippen LogP contribution in [0.2, 0.25) is 0 Å². The van der Waals surface area contributed by atoms with Crippen LogP contribution in [0, 0.1) is 0 Å². The average Bonchev–Trinajstić information content (AvgIpc) is 3.50. The Morgan fingerprint density at radius 3 is 2.33 bits per heavy atom. The minimum atomic E-state index is -0.997. The molecule has 0 spiro atoms. The molecular formula is C38H33N5O3. The van der Waals surface area contributed by atoms with Crippen LogP contribution in [0.25, 0.3) is 44.7 Å². The van der Waals surface area contributed by atoms with Crippen molar-refractivity contribution in [3.8, 4) is 22.6 Å². The van der Waals surface area contributed by atoms with E-state index in [0.29, 0.717) is 11.6 Å². The van der Waals surface area contributed by atoms with E-state index in [1.54, 1.807) is 0 Å². The van der Waals surface area contributed by atoms with Crippen molar-refractivity contribution in [2.75, 3.05) is 0 Å². The van der Waals surface area contributed by atoms with Crippen molar-refractivity contribution in [1.29, 1.82) is 0 Å². The number of carboxylic acid groups (broad SMARTS) is 1. The number of fused-ring (bicyclic) bond motifs is 3. The average molecular weight is 608 g/mol. The van der Waals surface area contributed by atoms with E-state index in [1.807, 2.05) is 91.1 Å². The molecule has 2 aliphatic rings. The van der Waals surface area contributed by atoms with Crippen molar-refractivity contribution in [2.24, 2.45) is 0 Å². The molecule has 3 heterocycles. The lowest BCUT2D eigenvalue weighted by molar-refractivity contribution is -0.142. The first-order valence-corrected chi connectivity index (χ1v) is 16.0. The number of rotatable bonds is 5. The third-order valence-electron chi connectivity index (χ3n) is 9.54. The third kappa shape index (κ3) is 5.00. The third-order valence-corrected chi connectivity index (χ3v) is 9.54. The fourth-order valence-electron chi connectivity index (χ4n) is 7.16. The van der Waals surface area contributed by atoms with Crippen LogP contribution in [0.5, 0.6) is 0 Å². The second kappa shape index (κ2) is 11.5. The van der Waals surface area contributed by atoms with Gasteiger partial charge in [0.15, 0.2) is 0 Å². The second-order valence-corrected chi connectivity index (χ2v) is 12.4. The normalized spacial score (nSPS) is 16.9. The molecule has 1 atom stereocenters. The molecule has 228 valence electrons. The zero-order valence-electron chi connectivity index (χ0n) is 25.3. The van der Waals surface area contributed by atoms with Crippen molar-refractivity contribution in [1.82, 2.24) is 24.4 Å². The number of carboxylic acids is 1. The fraction of sp³-hybridized carbons (Fsp3) is 0.237. The van der Waals surface area contributed by atoms with Crippen molar-refractivity contribution in [3.05, 3.63) is 114 Å². The Bertz CT molecular complexity index is 2120. The first kappa shape index (κ1) is 28.1. The Labute approximate surface area is 266 Å². The topological polar surface area (TPSA) is 101 Å². The van der Waals surface area contributed by atoms with E-state index in [9.17, 15) is 14.7 Å². The lowest BCUT2D eigenvalue weighted by Crippen LogP contribution is -2.48. The Hall–Kier alpha value is -5.37. The van der Waals surface area contributed by atoms with Crippen molar-refractivity contribution in [2.45, 2.75) is 57.2 Å². The number of benzene rings is 4. The Morgan fingerprint density at radius 1 is 0.739 bits per heavy atom. The van der Waals surface area contributed by atoms with Crippen molar-refractivity contribution >= 4 is 33.9 Å². The number of nitrogens with zero attached hydrogens (tertiary/aromatic N) is 5. The van der Waals surface area contributed by atoms with Gasteiger partial charge in [0.25, 0.3) is 5.91 Å². The number of amides is 1. The summed E-state index contributed by atoms with van der Waals surface area (Å²) in [6, 6.07) is 28.9. The number of hydrogen-bond donors (Lipinski definition) is 1. The summed E-state index contributed by atoms with van der Waals surface area (Å²) in [5.74, 6) is -0.450. The summed E-state index contributed by atoms with van der Waals surface area (Å²) in [4.78, 5) is 42.4. The maximum Gasteiger partial charge on any atom is 0.326 e. The molecule has 46 heavy (non-hydrogen) atoms. The molecule has 0 saturated heterocycles. The van der Waals surface area contributed by atoms with Gasteiger partial charge in [-0.05, 0) is 60.4 Å². The first-order chi connectivity index (χ1) is 22.5. The van der Waals surface area contributed by atoms with E-state index in [4.69, 9.17) is 15.0 Å². The van der Waals surface area contributed by atoms with E-state index in [2.05, 4.69) is 10.6 Å². The van der Waals surface area contributed by atoms with Crippen LogP contribution in [-0.4, -0.2) is 47.4 Å². The number of hydrogen-bond acceptors (Lipinski definition) is 5. The van der Waals surface area contributed by atoms with Crippen LogP contribution < -0.4 is 0 Å². The van der Waals surface area contributed by atoms with Gasteiger partial charge in [0.05, 0.1) is 34.0 Å². The van der Waals surface area contributed by atoms with Gasteiger partial charge in [-0.3, -0.25) is 9.78 Å². The largest absolute Gasteiger partial charge is 0.480 e. The van der Waals surface area contributed by atoms with E-state index >= 15 is 0 Å². The molecule has 2 aromatic heterocycles. The Kier molecular flexibility index (Phi) is 7.05. The zero-order valence-corrected chi connectivity index (χ0v) is 25.3. The van der Waals surface area contributed by atoms with Crippen molar-refractivity contribution in [3.63, 3.8) is 0 Å². The summed E-state index contributed by atoms with van der Waals surface area (Å²) in [6.07, 6.45) is 7.80. The maximum atomic E-state index is 13.9. The molecule has 1 aliphatic heterocycles. The summed E-state index contributed by atoms with van der Waals surface area (Å²) in [5, 5.41) is 10.0. The number of aliphatic carboxylic acids is 1. The van der Waals surface area contributed by atoms with Crippen LogP contribution in [0.15, 0.2) is 97.2 Å². The summed E-state index contributed by atoms with van der Waals surface area (Å²) in [7, 11) is 0. The van der Waals surface area contributed by atoms with Gasteiger partial charge in [0.1, 0.15) is 11.9 Å². The predicted octanol–water partition coefficient (Wildman–Crippen LogP) is 7.47. The molecule has 1 saturated carbocycles. The van der Waals surface area contributed by atoms with E-state index < -0.39 is 12.0 Å². The van der Waals surface area contributed by atoms with E-state index in [1.165, 1.54) is 24.2 Å². The molecule has 6 aromatic rings. The quantitative estimate of drug-likeness (QED) is 0.218. The lowest BCUT2D eigenvalue weighted by atomic mass is 9.93. The summed E-state index contributed by atoms with van der Waals surface area (Å²) < 4.78 is 2.34. The Morgan fingerprint density at radius 2 is 1.52 bits per heavy atom. The number of aromatic nitrogens is 4. The van der Waals surface area contributed by atoms with Gasteiger partial charge >= 0.3 is 5.97 Å². The standard InChI is InChI=1S/C38H33N5O3/c44-37(42-23-28-12-8-7-11-25(28)21-35(42)38(45)46)27-16-18-34-32(20-27)41-36(43(34)29-13-5-2-6-14-29)26-15-17-30-31(19-26)39-22-33(40-30)24-9-3-1-4-10-24/h1,3-4,7-12,15-20,22,29,35H,2,5-6,13-14,21,23H2,(H,45,46)/t35-/m0/s1. The molecule has 0 radical (unpaired) electrons. The molecule has 1 aliphatic carbocycles. The maximum absolute atomic E-state index is 13.9. The van der Waals surface area contributed by atoms with Crippen LogP contribution >= 0.6 is 0 Å². The van der Waals surface area contributed by atoms with Crippen LogP contribution in [0.3, 0.4) is 0 Å². The minimum Gasteiger partial charge on any atom is -0.480 e. The molecule has 8 heteroatoms. The summed E-state index contributed by atoms with van der Waals surface area (Å²) in [5.41, 5.74) is 8.50. The first-order valence-electron chi connectivity index (χ1n) is 16.0. The van der Waals surface area contributed by atoms with Gasteiger partial charge in [-0.1, -0.05) is 73.9 Å². The van der Waals surface area contributed by atoms with Crippen molar-refractivity contribution < 1.29 is 14.7 Å². The predicted molar refractivity (Wildman–Crippen MR) is 177 cm³/mol. The molecule has 4 aromatic carbocycles. The smallest absolute Gasteiger partial charge is 0.326 e. The van der Waals surface area contributed by atoms with Gasteiger partial charge in [-0.25, -0.2) is 14.8 Å². The highest BCUT2D eigenvalue weighted by molar-refractivity contribution is 6.00. The number of carbonyl (C=O) groups is 2. The van der Waals surface area contributed by atoms with Gasteiger partial charge in [0, 0.05) is 35.7 Å². The fourth-order valence-corrected chi connectivity index (χ4v) is 7.16. The second-order valence-electron chi connectivity index (χ2n) is 12.4. The Balaban J connectivity index is 1.19. The van der Waals surface area contributed by atoms with E-state index in [-0.39, 0.29) is 18.9 Å². The molecule has 1 amide bonds. The highest BCUT2D eigenvalue weighted by Gasteiger charge is 2.35. The molecule has 0 bridgehead atoms. The van der Waals surface area contributed by atoms with Gasteiger partial charge in [0.2, 0.25) is 0 Å². The van der Waals surface area contributed by atoms with E-state index in [0.717, 1.165) is 68.7 Å². The monoisotopic (exact) mass is 607 g/mol. The zero-order chi connectivity index (χ0) is 31.2. The number of carbonyl (C=O) groups excluding carboxylic acids is 1. The van der Waals surface area contributed by atoms with Gasteiger partial charge in [-0.15, -0.1) is 0 Å². The highest BCUT2D eigenvalue weighted by Crippen LogP contribution is 2.37. The van der Waals surface area contributed by atoms with Crippen LogP contribution in [-0.2, 0) is 17.8 Å². The molecular weight excluding hydrogens is 574 g/mol. The van der Waals surface area contributed by atoms with Crippen LogP contribution in [0.1, 0.15) is 59.6 Å². The molecule has 8 rings (SSSR count). The summed E-state index contributed by atoms with van der Waals surface area (Å²) in [6.45, 7) is 0.260. The minimum absolute atomic E-state index is 0.260. The molecule has 1 fully saturated rings.